The Bertz CT molecular complexity index is 1150. The van der Waals surface area contributed by atoms with Gasteiger partial charge in [-0.15, -0.1) is 0 Å². The second-order valence-corrected chi connectivity index (χ2v) is 10.0. The highest BCUT2D eigenvalue weighted by Gasteiger charge is 2.30. The third-order valence-corrected chi connectivity index (χ3v) is 7.33. The summed E-state index contributed by atoms with van der Waals surface area (Å²) in [5.74, 6) is 2.01. The van der Waals surface area contributed by atoms with E-state index in [1.807, 2.05) is 48.2 Å². The van der Waals surface area contributed by atoms with Gasteiger partial charge >= 0.3 is 0 Å². The summed E-state index contributed by atoms with van der Waals surface area (Å²) >= 11 is 1.57. The van der Waals surface area contributed by atoms with Crippen molar-refractivity contribution in [2.24, 2.45) is 5.92 Å². The van der Waals surface area contributed by atoms with E-state index in [9.17, 15) is 4.79 Å². The zero-order valence-electron chi connectivity index (χ0n) is 20.6. The Morgan fingerprint density at radius 2 is 1.85 bits per heavy atom. The van der Waals surface area contributed by atoms with E-state index in [4.69, 9.17) is 14.5 Å². The highest BCUT2D eigenvalue weighted by Crippen LogP contribution is 2.37. The maximum atomic E-state index is 13.9. The van der Waals surface area contributed by atoms with Crippen LogP contribution in [-0.2, 0) is 6.42 Å². The molecule has 1 amide bonds. The second kappa shape index (κ2) is 10.5. The van der Waals surface area contributed by atoms with Gasteiger partial charge in [-0.3, -0.25) is 4.79 Å². The normalized spacial score (nSPS) is 13.0. The van der Waals surface area contributed by atoms with Crippen LogP contribution in [0.15, 0.2) is 42.5 Å². The number of hydrogen-bond donors (Lipinski definition) is 0. The van der Waals surface area contributed by atoms with Gasteiger partial charge in [-0.2, -0.15) is 0 Å². The van der Waals surface area contributed by atoms with Crippen molar-refractivity contribution in [3.05, 3.63) is 59.3 Å². The molecule has 1 aliphatic rings. The minimum atomic E-state index is 0.00762. The lowest BCUT2D eigenvalue weighted by molar-refractivity contribution is 0.0745. The molecule has 0 atom stereocenters. The number of carbonyl (C=O) groups is 1. The number of aromatic nitrogens is 1. The summed E-state index contributed by atoms with van der Waals surface area (Å²) in [5.41, 5.74) is 3.86. The number of hydrogen-bond acceptors (Lipinski definition) is 6. The van der Waals surface area contributed by atoms with Gasteiger partial charge in [-0.1, -0.05) is 47.2 Å². The molecule has 0 aliphatic heterocycles. The molecule has 1 aromatic heterocycles. The first-order valence-electron chi connectivity index (χ1n) is 11.6. The van der Waals surface area contributed by atoms with Gasteiger partial charge < -0.3 is 19.3 Å². The first-order chi connectivity index (χ1) is 16.4. The molecule has 0 spiro atoms. The summed E-state index contributed by atoms with van der Waals surface area (Å²) in [6.45, 7) is 3.47. The van der Waals surface area contributed by atoms with Gasteiger partial charge in [0.05, 0.1) is 19.1 Å². The summed E-state index contributed by atoms with van der Waals surface area (Å²) in [7, 11) is 7.20. The van der Waals surface area contributed by atoms with Crippen LogP contribution in [0.1, 0.15) is 34.5 Å². The Balaban J connectivity index is 1.61. The molecule has 180 valence electrons. The minimum Gasteiger partial charge on any atom is -0.493 e. The van der Waals surface area contributed by atoms with Crippen LogP contribution in [-0.4, -0.2) is 57.2 Å². The van der Waals surface area contributed by atoms with Gasteiger partial charge in [-0.05, 0) is 55.4 Å². The van der Waals surface area contributed by atoms with Crippen LogP contribution in [0.25, 0.3) is 10.4 Å². The monoisotopic (exact) mass is 479 g/mol. The Labute approximate surface area is 206 Å². The van der Waals surface area contributed by atoms with Gasteiger partial charge in [0.1, 0.15) is 5.69 Å². The average Bonchev–Trinajstić information content (AvgIpc) is 3.54. The van der Waals surface area contributed by atoms with E-state index in [1.165, 1.54) is 18.4 Å². The van der Waals surface area contributed by atoms with Gasteiger partial charge in [-0.25, -0.2) is 4.98 Å². The molecular weight excluding hydrogens is 446 g/mol. The number of thiazole rings is 1. The Kier molecular flexibility index (Phi) is 7.41. The van der Waals surface area contributed by atoms with E-state index in [2.05, 4.69) is 25.1 Å². The number of amides is 1. The van der Waals surface area contributed by atoms with Crippen molar-refractivity contribution in [1.82, 2.24) is 9.88 Å². The fourth-order valence-corrected chi connectivity index (χ4v) is 4.94. The van der Waals surface area contributed by atoms with Crippen LogP contribution in [0.5, 0.6) is 11.5 Å². The number of benzene rings is 2. The summed E-state index contributed by atoms with van der Waals surface area (Å²) in [6.07, 6.45) is 3.11. The molecule has 4 rings (SSSR count). The van der Waals surface area contributed by atoms with Crippen LogP contribution in [0.2, 0.25) is 0 Å². The number of rotatable bonds is 10. The lowest BCUT2D eigenvalue weighted by Gasteiger charge is -2.23. The number of aryl methyl sites for hydroxylation is 1. The van der Waals surface area contributed by atoms with Crippen molar-refractivity contribution in [3.8, 4) is 21.9 Å². The molecule has 1 heterocycles. The van der Waals surface area contributed by atoms with Crippen LogP contribution in [0, 0.1) is 12.8 Å². The molecule has 3 aromatic rings. The van der Waals surface area contributed by atoms with Crippen molar-refractivity contribution in [2.45, 2.75) is 26.2 Å². The molecular formula is C27H33N3O3S. The van der Waals surface area contributed by atoms with Crippen LogP contribution in [0.3, 0.4) is 0 Å². The Morgan fingerprint density at radius 1 is 1.09 bits per heavy atom. The molecule has 0 saturated heterocycles. The summed E-state index contributed by atoms with van der Waals surface area (Å²) in [6, 6.07) is 14.2. The fraction of sp³-hybridized carbons (Fsp3) is 0.407. The second-order valence-electron chi connectivity index (χ2n) is 9.07. The average molecular weight is 480 g/mol. The number of ether oxygens (including phenoxy) is 2. The van der Waals surface area contributed by atoms with Gasteiger partial charge in [0.2, 0.25) is 0 Å². The predicted molar refractivity (Wildman–Crippen MR) is 138 cm³/mol. The standard InChI is InChI=1S/C27H33N3O3S/c1-18-7-6-8-21(15-18)25-24(28-27(34-25)29(2)3)26(31)30(17-20-9-10-20)14-13-19-11-12-22(32-4)23(16-19)33-5/h6-8,11-12,15-16,20H,9-10,13-14,17H2,1-5H3. The topological polar surface area (TPSA) is 54.9 Å². The van der Waals surface area contributed by atoms with E-state index in [-0.39, 0.29) is 5.91 Å². The van der Waals surface area contributed by atoms with Crippen molar-refractivity contribution >= 4 is 22.4 Å². The Morgan fingerprint density at radius 3 is 2.50 bits per heavy atom. The van der Waals surface area contributed by atoms with Gasteiger partial charge in [0.15, 0.2) is 16.6 Å². The van der Waals surface area contributed by atoms with E-state index >= 15 is 0 Å². The van der Waals surface area contributed by atoms with Crippen molar-refractivity contribution in [2.75, 3.05) is 46.3 Å². The first-order valence-corrected chi connectivity index (χ1v) is 12.5. The molecule has 34 heavy (non-hydrogen) atoms. The number of carbonyl (C=O) groups excluding carboxylic acids is 1. The fourth-order valence-electron chi connectivity index (χ4n) is 3.96. The van der Waals surface area contributed by atoms with Crippen LogP contribution < -0.4 is 14.4 Å². The number of nitrogens with zero attached hydrogens (tertiary/aromatic N) is 3. The van der Waals surface area contributed by atoms with E-state index in [0.717, 1.165) is 34.1 Å². The molecule has 0 unspecified atom stereocenters. The third kappa shape index (κ3) is 5.53. The smallest absolute Gasteiger partial charge is 0.274 e. The quantitative estimate of drug-likeness (QED) is 0.395. The van der Waals surface area contributed by atoms with E-state index < -0.39 is 0 Å². The maximum Gasteiger partial charge on any atom is 0.274 e. The zero-order chi connectivity index (χ0) is 24.2. The lowest BCUT2D eigenvalue weighted by Crippen LogP contribution is -2.35. The SMILES string of the molecule is COc1ccc(CCN(CC2CC2)C(=O)c2nc(N(C)C)sc2-c2cccc(C)c2)cc1OC. The molecule has 1 aliphatic carbocycles. The van der Waals surface area contributed by atoms with Crippen molar-refractivity contribution in [3.63, 3.8) is 0 Å². The molecule has 1 fully saturated rings. The maximum absolute atomic E-state index is 13.9. The minimum absolute atomic E-state index is 0.00762. The van der Waals surface area contributed by atoms with Crippen LogP contribution in [0.4, 0.5) is 5.13 Å². The highest BCUT2D eigenvalue weighted by atomic mass is 32.1. The summed E-state index contributed by atoms with van der Waals surface area (Å²) < 4.78 is 10.8. The number of anilines is 1. The molecule has 2 aromatic carbocycles. The highest BCUT2D eigenvalue weighted by molar-refractivity contribution is 7.19. The molecule has 0 radical (unpaired) electrons. The van der Waals surface area contributed by atoms with Crippen molar-refractivity contribution < 1.29 is 14.3 Å². The van der Waals surface area contributed by atoms with Gasteiger partial charge in [0, 0.05) is 27.2 Å². The van der Waals surface area contributed by atoms with Crippen molar-refractivity contribution in [1.29, 1.82) is 0 Å². The van der Waals surface area contributed by atoms with Crippen LogP contribution >= 0.6 is 11.3 Å². The molecule has 6 nitrogen and oxygen atoms in total. The van der Waals surface area contributed by atoms with Gasteiger partial charge in [0.25, 0.3) is 5.91 Å². The summed E-state index contributed by atoms with van der Waals surface area (Å²) in [5, 5.41) is 0.839. The molecule has 0 bridgehead atoms. The zero-order valence-corrected chi connectivity index (χ0v) is 21.4. The molecule has 7 heteroatoms. The largest absolute Gasteiger partial charge is 0.493 e. The van der Waals surface area contributed by atoms with E-state index in [1.54, 1.807) is 25.6 Å². The summed E-state index contributed by atoms with van der Waals surface area (Å²) in [4.78, 5) is 23.6. The lowest BCUT2D eigenvalue weighted by atomic mass is 10.1. The third-order valence-electron chi connectivity index (χ3n) is 6.06. The molecule has 1 saturated carbocycles. The number of methoxy groups -OCH3 is 2. The Hall–Kier alpha value is -3.06. The first kappa shape index (κ1) is 24.1. The predicted octanol–water partition coefficient (Wildman–Crippen LogP) is 5.30. The van der Waals surface area contributed by atoms with E-state index in [0.29, 0.717) is 29.7 Å². The molecule has 0 N–H and O–H groups in total.